The molecule has 1 heterocycles. The molecule has 1 fully saturated rings. The molecule has 3 aromatic rings. The van der Waals surface area contributed by atoms with Crippen LogP contribution in [0.1, 0.15) is 21.8 Å². The molecule has 182 valence electrons. The SMILES string of the molecule is COc1cc(NC(=O)c2cc(NC(=O)[C@@H]3[C@@H](c4cc(Cl)cc(Cl)c4)C3(Cl)Cl)ccc2Cl)c(Br)cn1. The lowest BCUT2D eigenvalue weighted by atomic mass is 10.1. The van der Waals surface area contributed by atoms with Gasteiger partial charge in [0.1, 0.15) is 4.33 Å². The number of ether oxygens (including phenoxy) is 1. The van der Waals surface area contributed by atoms with Crippen LogP contribution in [0, 0.1) is 5.92 Å². The monoisotopic (exact) mass is 635 g/mol. The highest BCUT2D eigenvalue weighted by molar-refractivity contribution is 9.10. The van der Waals surface area contributed by atoms with Crippen LogP contribution in [0.2, 0.25) is 15.1 Å². The van der Waals surface area contributed by atoms with E-state index < -0.39 is 28.0 Å². The van der Waals surface area contributed by atoms with Crippen molar-refractivity contribution in [2.75, 3.05) is 17.7 Å². The van der Waals surface area contributed by atoms with E-state index in [1.807, 2.05) is 0 Å². The van der Waals surface area contributed by atoms with Gasteiger partial charge in [0.2, 0.25) is 11.8 Å². The topological polar surface area (TPSA) is 80.3 Å². The van der Waals surface area contributed by atoms with Gasteiger partial charge in [-0.15, -0.1) is 23.2 Å². The summed E-state index contributed by atoms with van der Waals surface area (Å²) in [7, 11) is 1.46. The van der Waals surface area contributed by atoms with Crippen molar-refractivity contribution in [3.05, 3.63) is 79.3 Å². The molecule has 0 radical (unpaired) electrons. The highest BCUT2D eigenvalue weighted by Crippen LogP contribution is 2.65. The maximum absolute atomic E-state index is 13.0. The summed E-state index contributed by atoms with van der Waals surface area (Å²) < 4.78 is 4.30. The van der Waals surface area contributed by atoms with E-state index in [0.717, 1.165) is 0 Å². The number of carbonyl (C=O) groups excluding carboxylic acids is 2. The van der Waals surface area contributed by atoms with E-state index in [2.05, 4.69) is 31.5 Å². The molecular weight excluding hydrogens is 623 g/mol. The van der Waals surface area contributed by atoms with Crippen LogP contribution >= 0.6 is 73.9 Å². The Morgan fingerprint density at radius 3 is 2.37 bits per heavy atom. The van der Waals surface area contributed by atoms with Gasteiger partial charge in [-0.1, -0.05) is 34.8 Å². The predicted molar refractivity (Wildman–Crippen MR) is 144 cm³/mol. The van der Waals surface area contributed by atoms with Crippen molar-refractivity contribution >= 4 is 97.1 Å². The van der Waals surface area contributed by atoms with Gasteiger partial charge in [-0.2, -0.15) is 0 Å². The first kappa shape index (κ1) is 26.3. The third kappa shape index (κ3) is 5.66. The number of halogens is 6. The lowest BCUT2D eigenvalue weighted by Gasteiger charge is -2.12. The van der Waals surface area contributed by atoms with Crippen LogP contribution in [-0.4, -0.2) is 28.2 Å². The summed E-state index contributed by atoms with van der Waals surface area (Å²) >= 11 is 34.6. The smallest absolute Gasteiger partial charge is 0.257 e. The molecule has 0 unspecified atom stereocenters. The number of hydrogen-bond acceptors (Lipinski definition) is 4. The Kier molecular flexibility index (Phi) is 7.77. The summed E-state index contributed by atoms with van der Waals surface area (Å²) in [5, 5.41) is 6.51. The Bertz CT molecular complexity index is 1320. The highest BCUT2D eigenvalue weighted by Gasteiger charge is 2.67. The molecule has 2 aromatic carbocycles. The lowest BCUT2D eigenvalue weighted by molar-refractivity contribution is -0.117. The van der Waals surface area contributed by atoms with E-state index in [0.29, 0.717) is 37.3 Å². The van der Waals surface area contributed by atoms with E-state index in [4.69, 9.17) is 62.7 Å². The number of benzene rings is 2. The fourth-order valence-corrected chi connectivity index (χ4v) is 5.53. The Hall–Kier alpha value is -1.74. The number of alkyl halides is 2. The van der Waals surface area contributed by atoms with Crippen LogP contribution in [0.3, 0.4) is 0 Å². The maximum Gasteiger partial charge on any atom is 0.257 e. The zero-order chi connectivity index (χ0) is 25.5. The highest BCUT2D eigenvalue weighted by atomic mass is 79.9. The summed E-state index contributed by atoms with van der Waals surface area (Å²) in [5.41, 5.74) is 1.57. The van der Waals surface area contributed by atoms with E-state index in [-0.39, 0.29) is 10.6 Å². The van der Waals surface area contributed by atoms with Crippen molar-refractivity contribution in [2.45, 2.75) is 10.3 Å². The van der Waals surface area contributed by atoms with Gasteiger partial charge in [-0.25, -0.2) is 4.98 Å². The number of anilines is 2. The largest absolute Gasteiger partial charge is 0.481 e. The van der Waals surface area contributed by atoms with Gasteiger partial charge >= 0.3 is 0 Å². The van der Waals surface area contributed by atoms with Gasteiger partial charge in [0.05, 0.1) is 33.8 Å². The van der Waals surface area contributed by atoms with Crippen molar-refractivity contribution in [3.63, 3.8) is 0 Å². The predicted octanol–water partition coefficient (Wildman–Crippen LogP) is 7.59. The molecule has 0 saturated heterocycles. The Morgan fingerprint density at radius 1 is 1.03 bits per heavy atom. The van der Waals surface area contributed by atoms with Crippen LogP contribution in [0.4, 0.5) is 11.4 Å². The average molecular weight is 639 g/mol. The zero-order valence-electron chi connectivity index (χ0n) is 17.7. The molecule has 4 rings (SSSR count). The molecule has 2 atom stereocenters. The summed E-state index contributed by atoms with van der Waals surface area (Å²) in [6.07, 6.45) is 1.50. The van der Waals surface area contributed by atoms with Gasteiger partial charge < -0.3 is 15.4 Å². The fourth-order valence-electron chi connectivity index (χ4n) is 3.64. The van der Waals surface area contributed by atoms with E-state index in [1.54, 1.807) is 30.3 Å². The number of aromatic nitrogens is 1. The van der Waals surface area contributed by atoms with Crippen molar-refractivity contribution in [1.82, 2.24) is 4.98 Å². The summed E-state index contributed by atoms with van der Waals surface area (Å²) in [6, 6.07) is 11.0. The zero-order valence-corrected chi connectivity index (χ0v) is 23.1. The van der Waals surface area contributed by atoms with Gasteiger partial charge in [0.15, 0.2) is 0 Å². The summed E-state index contributed by atoms with van der Waals surface area (Å²) in [5.74, 6) is -1.86. The Balaban J connectivity index is 1.52. The number of pyridine rings is 1. The first-order chi connectivity index (χ1) is 16.5. The molecule has 2 N–H and O–H groups in total. The molecule has 1 aliphatic rings. The molecule has 1 saturated carbocycles. The minimum absolute atomic E-state index is 0.143. The number of rotatable bonds is 6. The first-order valence-corrected chi connectivity index (χ1v) is 12.6. The molecule has 1 aromatic heterocycles. The molecule has 0 spiro atoms. The molecule has 2 amide bonds. The van der Waals surface area contributed by atoms with Crippen LogP contribution < -0.4 is 15.4 Å². The van der Waals surface area contributed by atoms with Crippen molar-refractivity contribution in [2.24, 2.45) is 5.92 Å². The lowest BCUT2D eigenvalue weighted by Crippen LogP contribution is -2.18. The second-order valence-corrected chi connectivity index (χ2v) is 11.3. The standard InChI is InChI=1S/C23H15BrCl5N3O3/c1-35-18-8-17(15(24)9-30-18)32-21(33)14-7-13(2-3-16(14)27)31-22(34)20-19(23(20,28)29)10-4-11(25)6-12(26)5-10/h2-9,19-20H,1H3,(H,31,34)(H,30,32,33)/t19-,20+/m1/s1. The number of nitrogens with zero attached hydrogens (tertiary/aromatic N) is 1. The average Bonchev–Trinajstić information content (AvgIpc) is 3.38. The van der Waals surface area contributed by atoms with Crippen LogP contribution in [0.15, 0.2) is 53.1 Å². The molecule has 35 heavy (non-hydrogen) atoms. The van der Waals surface area contributed by atoms with Crippen LogP contribution in [-0.2, 0) is 4.79 Å². The third-order valence-electron chi connectivity index (χ3n) is 5.35. The first-order valence-electron chi connectivity index (χ1n) is 9.96. The molecule has 0 bridgehead atoms. The summed E-state index contributed by atoms with van der Waals surface area (Å²) in [6.45, 7) is 0. The van der Waals surface area contributed by atoms with Crippen molar-refractivity contribution < 1.29 is 14.3 Å². The van der Waals surface area contributed by atoms with Gasteiger partial charge in [-0.3, -0.25) is 9.59 Å². The number of methoxy groups -OCH3 is 1. The van der Waals surface area contributed by atoms with Gasteiger partial charge in [0, 0.05) is 33.9 Å². The molecule has 0 aliphatic heterocycles. The second kappa shape index (κ2) is 10.3. The number of carbonyl (C=O) groups is 2. The van der Waals surface area contributed by atoms with E-state index in [1.165, 1.54) is 25.4 Å². The van der Waals surface area contributed by atoms with Crippen molar-refractivity contribution in [1.29, 1.82) is 0 Å². The number of hydrogen-bond donors (Lipinski definition) is 2. The molecule has 1 aliphatic carbocycles. The molecular formula is C23H15BrCl5N3O3. The number of nitrogens with one attached hydrogen (secondary N) is 2. The Morgan fingerprint density at radius 2 is 1.71 bits per heavy atom. The van der Waals surface area contributed by atoms with E-state index in [9.17, 15) is 9.59 Å². The Labute approximate surface area is 234 Å². The maximum atomic E-state index is 13.0. The van der Waals surface area contributed by atoms with Gasteiger partial charge in [-0.05, 0) is 57.9 Å². The minimum Gasteiger partial charge on any atom is -0.481 e. The number of amides is 2. The third-order valence-corrected chi connectivity index (χ3v) is 7.68. The fraction of sp³-hybridized carbons (Fsp3) is 0.174. The quantitative estimate of drug-likeness (QED) is 0.273. The van der Waals surface area contributed by atoms with Crippen LogP contribution in [0.5, 0.6) is 5.88 Å². The van der Waals surface area contributed by atoms with Crippen molar-refractivity contribution in [3.8, 4) is 5.88 Å². The second-order valence-electron chi connectivity index (χ2n) is 7.68. The van der Waals surface area contributed by atoms with E-state index >= 15 is 0 Å². The van der Waals surface area contributed by atoms with Crippen LogP contribution in [0.25, 0.3) is 0 Å². The minimum atomic E-state index is -1.34. The molecule has 12 heteroatoms. The summed E-state index contributed by atoms with van der Waals surface area (Å²) in [4.78, 5) is 30.0. The molecule has 6 nitrogen and oxygen atoms in total. The normalized spacial score (nSPS) is 18.0. The van der Waals surface area contributed by atoms with Gasteiger partial charge in [0.25, 0.3) is 5.91 Å².